The van der Waals surface area contributed by atoms with Crippen LogP contribution in [0.4, 0.5) is 18.9 Å². The van der Waals surface area contributed by atoms with Gasteiger partial charge in [0.1, 0.15) is 12.0 Å². The summed E-state index contributed by atoms with van der Waals surface area (Å²) in [5, 5.41) is 10.3. The fourth-order valence-corrected chi connectivity index (χ4v) is 3.66. The van der Waals surface area contributed by atoms with Gasteiger partial charge in [-0.05, 0) is 37.1 Å². The molecule has 0 aromatic heterocycles. The number of rotatable bonds is 2. The first-order valence-electron chi connectivity index (χ1n) is 7.68. The fourth-order valence-electron chi connectivity index (χ4n) is 3.66. The number of amides is 1. The summed E-state index contributed by atoms with van der Waals surface area (Å²) in [7, 11) is 0. The predicted octanol–water partition coefficient (Wildman–Crippen LogP) is 3.59. The molecule has 23 heavy (non-hydrogen) atoms. The Hall–Kier alpha value is -1.76. The molecule has 1 aliphatic carbocycles. The number of alkyl halides is 3. The van der Waals surface area contributed by atoms with Crippen molar-refractivity contribution in [3.8, 4) is 5.75 Å². The van der Waals surface area contributed by atoms with Crippen LogP contribution in [-0.4, -0.2) is 23.6 Å². The van der Waals surface area contributed by atoms with E-state index in [4.69, 9.17) is 0 Å². The van der Waals surface area contributed by atoms with Crippen LogP contribution < -0.4 is 9.64 Å². The van der Waals surface area contributed by atoms with E-state index >= 15 is 0 Å². The lowest BCUT2D eigenvalue weighted by Gasteiger charge is -2.31. The van der Waals surface area contributed by atoms with Gasteiger partial charge in [0.05, 0.1) is 5.41 Å². The summed E-state index contributed by atoms with van der Waals surface area (Å²) in [5.41, 5.74) is -0.127. The molecule has 3 rings (SSSR count). The molecule has 1 saturated heterocycles. The standard InChI is InChI=1S/C16H18F3NO3/c17-16(18,19)23-12-6-4-11(5-7-12)20-13(21)10-15(14(20)22)8-2-1-3-9-15/h4-7,13,21H,1-3,8-10H2. The Morgan fingerprint density at radius 2 is 1.74 bits per heavy atom. The number of anilines is 1. The van der Waals surface area contributed by atoms with Gasteiger partial charge in [-0.15, -0.1) is 13.2 Å². The molecule has 1 amide bonds. The van der Waals surface area contributed by atoms with Crippen LogP contribution in [0.3, 0.4) is 0 Å². The minimum Gasteiger partial charge on any atom is -0.406 e. The van der Waals surface area contributed by atoms with Crippen LogP contribution in [0.25, 0.3) is 0 Å². The number of benzene rings is 1. The first-order valence-corrected chi connectivity index (χ1v) is 7.68. The molecule has 1 unspecified atom stereocenters. The second kappa shape index (κ2) is 5.70. The maximum absolute atomic E-state index is 12.8. The van der Waals surface area contributed by atoms with Crippen molar-refractivity contribution < 1.29 is 27.8 Å². The molecule has 1 aromatic rings. The first kappa shape index (κ1) is 16.1. The van der Waals surface area contributed by atoms with E-state index in [9.17, 15) is 23.1 Å². The molecule has 0 bridgehead atoms. The van der Waals surface area contributed by atoms with Gasteiger partial charge in [-0.25, -0.2) is 0 Å². The van der Waals surface area contributed by atoms with E-state index in [1.165, 1.54) is 17.0 Å². The molecular weight excluding hydrogens is 311 g/mol. The average molecular weight is 329 g/mol. The molecule has 4 nitrogen and oxygen atoms in total. The molecule has 1 N–H and O–H groups in total. The number of hydrogen-bond donors (Lipinski definition) is 1. The van der Waals surface area contributed by atoms with Crippen molar-refractivity contribution in [2.75, 3.05) is 4.90 Å². The van der Waals surface area contributed by atoms with E-state index in [0.717, 1.165) is 44.2 Å². The second-order valence-electron chi connectivity index (χ2n) is 6.24. The fraction of sp³-hybridized carbons (Fsp3) is 0.562. The van der Waals surface area contributed by atoms with Gasteiger partial charge in [-0.1, -0.05) is 19.3 Å². The molecule has 0 radical (unpaired) electrons. The van der Waals surface area contributed by atoms with E-state index in [-0.39, 0.29) is 11.7 Å². The molecular formula is C16H18F3NO3. The minimum absolute atomic E-state index is 0.130. The third-order valence-corrected chi connectivity index (χ3v) is 4.70. The van der Waals surface area contributed by atoms with Crippen molar-refractivity contribution in [2.24, 2.45) is 5.41 Å². The molecule has 1 spiro atoms. The molecule has 1 heterocycles. The molecule has 1 saturated carbocycles. The molecule has 1 atom stereocenters. The average Bonchev–Trinajstić information content (AvgIpc) is 2.70. The maximum atomic E-state index is 12.8. The zero-order chi connectivity index (χ0) is 16.7. The van der Waals surface area contributed by atoms with Crippen LogP contribution in [-0.2, 0) is 4.79 Å². The summed E-state index contributed by atoms with van der Waals surface area (Å²) in [6, 6.07) is 5.03. The summed E-state index contributed by atoms with van der Waals surface area (Å²) < 4.78 is 40.4. The van der Waals surface area contributed by atoms with Crippen molar-refractivity contribution in [2.45, 2.75) is 51.1 Å². The van der Waals surface area contributed by atoms with Crippen LogP contribution in [0.15, 0.2) is 24.3 Å². The van der Waals surface area contributed by atoms with Crippen molar-refractivity contribution in [3.63, 3.8) is 0 Å². The molecule has 1 aliphatic heterocycles. The summed E-state index contributed by atoms with van der Waals surface area (Å²) in [5.74, 6) is -0.482. The van der Waals surface area contributed by atoms with Crippen molar-refractivity contribution >= 4 is 11.6 Å². The topological polar surface area (TPSA) is 49.8 Å². The SMILES string of the molecule is O=C1N(c2ccc(OC(F)(F)F)cc2)C(O)CC12CCCCC2. The Morgan fingerprint density at radius 3 is 2.30 bits per heavy atom. The number of hydrogen-bond acceptors (Lipinski definition) is 3. The van der Waals surface area contributed by atoms with Gasteiger partial charge >= 0.3 is 6.36 Å². The lowest BCUT2D eigenvalue weighted by molar-refractivity contribution is -0.274. The second-order valence-corrected chi connectivity index (χ2v) is 6.24. The van der Waals surface area contributed by atoms with Gasteiger partial charge in [0.2, 0.25) is 5.91 Å². The largest absolute Gasteiger partial charge is 0.573 e. The van der Waals surface area contributed by atoms with Crippen LogP contribution in [0.1, 0.15) is 38.5 Å². The normalized spacial score (nSPS) is 24.3. The Balaban J connectivity index is 1.80. The van der Waals surface area contributed by atoms with E-state index in [1.807, 2.05) is 0 Å². The van der Waals surface area contributed by atoms with Crippen LogP contribution in [0, 0.1) is 5.41 Å². The Bertz CT molecular complexity index is 579. The van der Waals surface area contributed by atoms with Crippen molar-refractivity contribution in [1.82, 2.24) is 0 Å². The van der Waals surface area contributed by atoms with E-state index in [0.29, 0.717) is 12.1 Å². The highest BCUT2D eigenvalue weighted by atomic mass is 19.4. The highest BCUT2D eigenvalue weighted by Gasteiger charge is 2.51. The van der Waals surface area contributed by atoms with Gasteiger partial charge < -0.3 is 9.84 Å². The van der Waals surface area contributed by atoms with Crippen molar-refractivity contribution in [3.05, 3.63) is 24.3 Å². The monoisotopic (exact) mass is 329 g/mol. The summed E-state index contributed by atoms with van der Waals surface area (Å²) >= 11 is 0. The third-order valence-electron chi connectivity index (χ3n) is 4.70. The Morgan fingerprint density at radius 1 is 1.13 bits per heavy atom. The number of ether oxygens (including phenoxy) is 1. The van der Waals surface area contributed by atoms with E-state index < -0.39 is 18.0 Å². The van der Waals surface area contributed by atoms with Crippen molar-refractivity contribution in [1.29, 1.82) is 0 Å². The zero-order valence-corrected chi connectivity index (χ0v) is 12.5. The minimum atomic E-state index is -4.75. The maximum Gasteiger partial charge on any atom is 0.573 e. The number of nitrogens with zero attached hydrogens (tertiary/aromatic N) is 1. The van der Waals surface area contributed by atoms with E-state index in [1.54, 1.807) is 0 Å². The third kappa shape index (κ3) is 3.15. The van der Waals surface area contributed by atoms with Gasteiger partial charge in [0, 0.05) is 12.1 Å². The highest BCUT2D eigenvalue weighted by molar-refractivity contribution is 6.00. The smallest absolute Gasteiger partial charge is 0.406 e. The van der Waals surface area contributed by atoms with E-state index in [2.05, 4.69) is 4.74 Å². The van der Waals surface area contributed by atoms with Crippen LogP contribution >= 0.6 is 0 Å². The molecule has 7 heteroatoms. The Labute approximate surface area is 131 Å². The van der Waals surface area contributed by atoms with Gasteiger partial charge in [-0.2, -0.15) is 0 Å². The molecule has 126 valence electrons. The number of aliphatic hydroxyl groups excluding tert-OH is 1. The highest BCUT2D eigenvalue weighted by Crippen LogP contribution is 2.48. The molecule has 2 aliphatic rings. The predicted molar refractivity (Wildman–Crippen MR) is 76.8 cm³/mol. The lowest BCUT2D eigenvalue weighted by Crippen LogP contribution is -2.38. The number of carbonyl (C=O) groups excluding carboxylic acids is 1. The Kier molecular flexibility index (Phi) is 4.00. The van der Waals surface area contributed by atoms with Gasteiger partial charge in [0.25, 0.3) is 0 Å². The number of halogens is 3. The summed E-state index contributed by atoms with van der Waals surface area (Å²) in [6.07, 6.45) is -0.772. The van der Waals surface area contributed by atoms with Gasteiger partial charge in [0.15, 0.2) is 0 Å². The molecule has 1 aromatic carbocycles. The lowest BCUT2D eigenvalue weighted by atomic mass is 9.73. The quantitative estimate of drug-likeness (QED) is 0.902. The molecule has 2 fully saturated rings. The number of carbonyl (C=O) groups is 1. The van der Waals surface area contributed by atoms with Crippen LogP contribution in [0.2, 0.25) is 0 Å². The summed E-state index contributed by atoms with van der Waals surface area (Å²) in [4.78, 5) is 14.1. The first-order chi connectivity index (χ1) is 10.8. The zero-order valence-electron chi connectivity index (χ0n) is 12.5. The number of aliphatic hydroxyl groups is 1. The van der Waals surface area contributed by atoms with Gasteiger partial charge in [-0.3, -0.25) is 9.69 Å². The van der Waals surface area contributed by atoms with Crippen LogP contribution in [0.5, 0.6) is 5.75 Å². The summed E-state index contributed by atoms with van der Waals surface area (Å²) in [6.45, 7) is 0.